The van der Waals surface area contributed by atoms with Gasteiger partial charge in [-0.3, -0.25) is 4.79 Å². The Hall–Kier alpha value is -2.05. The van der Waals surface area contributed by atoms with Crippen molar-refractivity contribution in [3.63, 3.8) is 0 Å². The highest BCUT2D eigenvalue weighted by atomic mass is 32.1. The lowest BCUT2D eigenvalue weighted by atomic mass is 9.92. The van der Waals surface area contributed by atoms with E-state index in [2.05, 4.69) is 10.6 Å². The molecule has 1 atom stereocenters. The Morgan fingerprint density at radius 3 is 2.74 bits per heavy atom. The van der Waals surface area contributed by atoms with Crippen molar-refractivity contribution in [1.29, 1.82) is 0 Å². The van der Waals surface area contributed by atoms with Gasteiger partial charge in [0.1, 0.15) is 16.9 Å². The van der Waals surface area contributed by atoms with E-state index in [9.17, 15) is 9.90 Å². The van der Waals surface area contributed by atoms with Crippen LogP contribution in [0.3, 0.4) is 0 Å². The number of rotatable bonds is 1. The van der Waals surface area contributed by atoms with E-state index in [-0.39, 0.29) is 23.4 Å². The molecule has 3 heterocycles. The Labute approximate surface area is 138 Å². The number of phenolic OH excluding ortho intramolecular Hbond substituents is 1. The van der Waals surface area contributed by atoms with Gasteiger partial charge in [-0.05, 0) is 37.1 Å². The van der Waals surface area contributed by atoms with Crippen molar-refractivity contribution in [1.82, 2.24) is 5.32 Å². The van der Waals surface area contributed by atoms with Crippen molar-refractivity contribution in [2.45, 2.75) is 38.6 Å². The maximum Gasteiger partial charge on any atom is 0.256 e. The van der Waals surface area contributed by atoms with Crippen LogP contribution in [-0.4, -0.2) is 16.6 Å². The highest BCUT2D eigenvalue weighted by Gasteiger charge is 2.36. The third-order valence-electron chi connectivity index (χ3n) is 4.29. The Kier molecular flexibility index (Phi) is 3.14. The number of anilines is 1. The number of hydrogen-bond acceptors (Lipinski definition) is 5. The molecule has 0 unspecified atom stereocenters. The molecule has 23 heavy (non-hydrogen) atoms. The first-order valence-corrected chi connectivity index (χ1v) is 8.39. The zero-order chi connectivity index (χ0) is 16.2. The number of amides is 1. The summed E-state index contributed by atoms with van der Waals surface area (Å²) in [6.45, 7) is 4.65. The molecule has 0 saturated carbocycles. The minimum atomic E-state index is -0.287. The molecule has 0 saturated heterocycles. The van der Waals surface area contributed by atoms with Crippen LogP contribution in [0.15, 0.2) is 24.3 Å². The Morgan fingerprint density at radius 2 is 2.00 bits per heavy atom. The molecule has 1 aromatic carbocycles. The molecular formula is C17H18N2O3S. The topological polar surface area (TPSA) is 70.6 Å². The number of thiophene rings is 1. The summed E-state index contributed by atoms with van der Waals surface area (Å²) in [7, 11) is 0. The van der Waals surface area contributed by atoms with Crippen LogP contribution < -0.4 is 10.6 Å². The minimum absolute atomic E-state index is 0.0491. The van der Waals surface area contributed by atoms with E-state index in [0.29, 0.717) is 6.61 Å². The van der Waals surface area contributed by atoms with Crippen LogP contribution in [-0.2, 0) is 17.8 Å². The molecule has 2 aliphatic rings. The molecule has 0 radical (unpaired) electrons. The van der Waals surface area contributed by atoms with Gasteiger partial charge in [-0.25, -0.2) is 0 Å². The molecule has 0 fully saturated rings. The second-order valence-corrected chi connectivity index (χ2v) is 7.68. The molecule has 120 valence electrons. The van der Waals surface area contributed by atoms with Crippen molar-refractivity contribution >= 4 is 22.2 Å². The van der Waals surface area contributed by atoms with Crippen LogP contribution in [0.25, 0.3) is 0 Å². The van der Waals surface area contributed by atoms with E-state index in [1.54, 1.807) is 35.6 Å². The lowest BCUT2D eigenvalue weighted by molar-refractivity contribution is -0.0383. The van der Waals surface area contributed by atoms with Crippen molar-refractivity contribution in [3.05, 3.63) is 45.8 Å². The van der Waals surface area contributed by atoms with Gasteiger partial charge in [-0.1, -0.05) is 12.1 Å². The van der Waals surface area contributed by atoms with Crippen LogP contribution >= 0.6 is 11.3 Å². The average molecular weight is 330 g/mol. The number of hydrogen-bond donors (Lipinski definition) is 3. The molecule has 0 spiro atoms. The number of fused-ring (bicyclic) bond motifs is 3. The zero-order valence-corrected chi connectivity index (χ0v) is 13.8. The molecule has 0 bridgehead atoms. The number of nitrogens with one attached hydrogen (secondary N) is 2. The van der Waals surface area contributed by atoms with Gasteiger partial charge in [-0.2, -0.15) is 0 Å². The molecule has 2 aliphatic heterocycles. The number of benzene rings is 1. The van der Waals surface area contributed by atoms with Gasteiger partial charge in [0.25, 0.3) is 5.91 Å². The first-order chi connectivity index (χ1) is 10.9. The monoisotopic (exact) mass is 330 g/mol. The van der Waals surface area contributed by atoms with E-state index < -0.39 is 0 Å². The molecule has 0 aliphatic carbocycles. The predicted molar refractivity (Wildman–Crippen MR) is 88.8 cm³/mol. The van der Waals surface area contributed by atoms with Gasteiger partial charge in [0.05, 0.1) is 17.8 Å². The third-order valence-corrected chi connectivity index (χ3v) is 5.43. The van der Waals surface area contributed by atoms with Crippen molar-refractivity contribution < 1.29 is 14.6 Å². The van der Waals surface area contributed by atoms with Crippen LogP contribution in [0, 0.1) is 0 Å². The van der Waals surface area contributed by atoms with E-state index in [1.807, 2.05) is 13.8 Å². The number of aromatic hydroxyl groups is 1. The maximum atomic E-state index is 12.6. The van der Waals surface area contributed by atoms with Crippen LogP contribution in [0.5, 0.6) is 5.75 Å². The number of carbonyl (C=O) groups excluding carboxylic acids is 1. The summed E-state index contributed by atoms with van der Waals surface area (Å²) in [4.78, 5) is 13.8. The normalized spacial score (nSPS) is 21.8. The smallest absolute Gasteiger partial charge is 0.256 e. The van der Waals surface area contributed by atoms with Gasteiger partial charge >= 0.3 is 0 Å². The highest BCUT2D eigenvalue weighted by molar-refractivity contribution is 7.16. The molecule has 2 aromatic rings. The quantitative estimate of drug-likeness (QED) is 0.751. The van der Waals surface area contributed by atoms with E-state index in [4.69, 9.17) is 4.74 Å². The summed E-state index contributed by atoms with van der Waals surface area (Å²) in [6.07, 6.45) is 0.456. The lowest BCUT2D eigenvalue weighted by Gasteiger charge is -2.31. The van der Waals surface area contributed by atoms with Crippen molar-refractivity contribution in [2.75, 3.05) is 5.32 Å². The van der Waals surface area contributed by atoms with Crippen molar-refractivity contribution in [3.8, 4) is 5.75 Å². The standard InChI is InChI=1S/C17H18N2O3S/c1-17(2)7-11-12(8-22-17)23-16-13(11)15(21)18-14(19-16)9-3-5-10(20)6-4-9/h3-6,14,19-20H,7-8H2,1-2H3,(H,18,21)/t14-/m0/s1. The summed E-state index contributed by atoms with van der Waals surface area (Å²) >= 11 is 1.60. The summed E-state index contributed by atoms with van der Waals surface area (Å²) in [6, 6.07) is 6.85. The second-order valence-electron chi connectivity index (χ2n) is 6.58. The Bertz CT molecular complexity index is 780. The van der Waals surface area contributed by atoms with Gasteiger partial charge in [0, 0.05) is 11.3 Å². The van der Waals surface area contributed by atoms with Gasteiger partial charge in [0.15, 0.2) is 0 Å². The molecule has 5 nitrogen and oxygen atoms in total. The summed E-state index contributed by atoms with van der Waals surface area (Å²) in [5.74, 6) is 0.162. The van der Waals surface area contributed by atoms with E-state index in [1.165, 1.54) is 0 Å². The minimum Gasteiger partial charge on any atom is -0.508 e. The molecule has 4 rings (SSSR count). The first-order valence-electron chi connectivity index (χ1n) is 7.58. The number of phenols is 1. The third kappa shape index (κ3) is 2.48. The van der Waals surface area contributed by atoms with Crippen molar-refractivity contribution in [2.24, 2.45) is 0 Å². The molecular weight excluding hydrogens is 312 g/mol. The molecule has 3 N–H and O–H groups in total. The van der Waals surface area contributed by atoms with E-state index >= 15 is 0 Å². The van der Waals surface area contributed by atoms with Gasteiger partial charge < -0.3 is 20.5 Å². The van der Waals surface area contributed by atoms with Crippen LogP contribution in [0.4, 0.5) is 5.00 Å². The Morgan fingerprint density at radius 1 is 1.26 bits per heavy atom. The van der Waals surface area contributed by atoms with E-state index in [0.717, 1.165) is 33.0 Å². The highest BCUT2D eigenvalue weighted by Crippen LogP contribution is 2.43. The average Bonchev–Trinajstić information content (AvgIpc) is 2.84. The predicted octanol–water partition coefficient (Wildman–Crippen LogP) is 3.16. The van der Waals surface area contributed by atoms with Gasteiger partial charge in [-0.15, -0.1) is 11.3 Å². The molecule has 1 amide bonds. The second kappa shape index (κ2) is 4.97. The zero-order valence-electron chi connectivity index (χ0n) is 13.0. The summed E-state index contributed by atoms with van der Waals surface area (Å²) < 4.78 is 5.85. The summed E-state index contributed by atoms with van der Waals surface area (Å²) in [5, 5.41) is 16.7. The molecule has 1 aromatic heterocycles. The van der Waals surface area contributed by atoms with Crippen LogP contribution in [0.2, 0.25) is 0 Å². The fraction of sp³-hybridized carbons (Fsp3) is 0.353. The first kappa shape index (κ1) is 14.5. The number of ether oxygens (including phenoxy) is 1. The summed E-state index contributed by atoms with van der Waals surface area (Å²) in [5.41, 5.74) is 2.53. The fourth-order valence-electron chi connectivity index (χ4n) is 3.10. The van der Waals surface area contributed by atoms with Gasteiger partial charge in [0.2, 0.25) is 0 Å². The Balaban J connectivity index is 1.70. The van der Waals surface area contributed by atoms with Crippen LogP contribution in [0.1, 0.15) is 46.4 Å². The lowest BCUT2D eigenvalue weighted by Crippen LogP contribution is -2.39. The number of carbonyl (C=O) groups is 1. The molecule has 6 heteroatoms. The largest absolute Gasteiger partial charge is 0.508 e. The fourth-order valence-corrected chi connectivity index (χ4v) is 4.26. The maximum absolute atomic E-state index is 12.6. The SMILES string of the molecule is CC1(C)Cc2c(sc3c2C(=O)N[C@H](c2ccc(O)cc2)N3)CO1.